The second kappa shape index (κ2) is 11.8. The van der Waals surface area contributed by atoms with Crippen molar-refractivity contribution in [3.63, 3.8) is 0 Å². The summed E-state index contributed by atoms with van der Waals surface area (Å²) in [4.78, 5) is 28.8. The van der Waals surface area contributed by atoms with Crippen LogP contribution in [0, 0.1) is 0 Å². The van der Waals surface area contributed by atoms with Crippen LogP contribution in [0.1, 0.15) is 5.56 Å². The molecule has 0 aliphatic carbocycles. The van der Waals surface area contributed by atoms with Gasteiger partial charge < -0.3 is 19.9 Å². The fourth-order valence-corrected chi connectivity index (χ4v) is 4.24. The lowest BCUT2D eigenvalue weighted by Gasteiger charge is -2.36. The molecule has 1 heterocycles. The molecule has 3 aromatic rings. The number of rotatable bonds is 7. The number of halogens is 2. The van der Waals surface area contributed by atoms with Crippen LogP contribution in [0.25, 0.3) is 6.08 Å². The van der Waals surface area contributed by atoms with Crippen LogP contribution in [0.3, 0.4) is 0 Å². The van der Waals surface area contributed by atoms with E-state index in [1.54, 1.807) is 42.5 Å². The third-order valence-corrected chi connectivity index (χ3v) is 6.19. The summed E-state index contributed by atoms with van der Waals surface area (Å²) >= 11 is 12.6. The Morgan fingerprint density at radius 1 is 0.886 bits per heavy atom. The number of hydrogen-bond acceptors (Lipinski definition) is 4. The second-order valence-electron chi connectivity index (χ2n) is 7.99. The fourth-order valence-electron chi connectivity index (χ4n) is 3.75. The van der Waals surface area contributed by atoms with Crippen molar-refractivity contribution in [2.45, 2.75) is 0 Å². The van der Waals surface area contributed by atoms with Gasteiger partial charge in [0.15, 0.2) is 6.61 Å². The summed E-state index contributed by atoms with van der Waals surface area (Å²) in [7, 11) is 0. The number of amides is 2. The Morgan fingerprint density at radius 2 is 1.60 bits per heavy atom. The van der Waals surface area contributed by atoms with E-state index in [0.717, 1.165) is 11.3 Å². The predicted molar refractivity (Wildman–Crippen MR) is 141 cm³/mol. The fraction of sp³-hybridized carbons (Fsp3) is 0.185. The Morgan fingerprint density at radius 3 is 2.31 bits per heavy atom. The van der Waals surface area contributed by atoms with E-state index >= 15 is 0 Å². The number of nitrogens with one attached hydrogen (secondary N) is 1. The normalized spacial score (nSPS) is 13.7. The molecule has 8 heteroatoms. The van der Waals surface area contributed by atoms with Crippen molar-refractivity contribution in [3.05, 3.63) is 94.5 Å². The number of carbonyl (C=O) groups excluding carboxylic acids is 2. The molecule has 0 spiro atoms. The smallest absolute Gasteiger partial charge is 0.262 e. The maximum atomic E-state index is 12.5. The summed E-state index contributed by atoms with van der Waals surface area (Å²) in [5, 5.41) is 3.75. The first kappa shape index (κ1) is 24.6. The Bertz CT molecular complexity index is 1210. The summed E-state index contributed by atoms with van der Waals surface area (Å²) in [6, 6.07) is 22.1. The maximum Gasteiger partial charge on any atom is 0.262 e. The van der Waals surface area contributed by atoms with E-state index in [2.05, 4.69) is 10.2 Å². The Hall–Kier alpha value is -3.48. The molecule has 0 bridgehead atoms. The summed E-state index contributed by atoms with van der Waals surface area (Å²) in [6.45, 7) is 2.38. The quantitative estimate of drug-likeness (QED) is 0.434. The third kappa shape index (κ3) is 6.78. The molecule has 35 heavy (non-hydrogen) atoms. The van der Waals surface area contributed by atoms with Crippen molar-refractivity contribution in [2.24, 2.45) is 0 Å². The zero-order valence-corrected chi connectivity index (χ0v) is 20.5. The van der Waals surface area contributed by atoms with Crippen LogP contribution >= 0.6 is 23.2 Å². The maximum absolute atomic E-state index is 12.5. The average Bonchev–Trinajstić information content (AvgIpc) is 2.88. The van der Waals surface area contributed by atoms with Gasteiger partial charge >= 0.3 is 0 Å². The van der Waals surface area contributed by atoms with Crippen LogP contribution in [0.4, 0.5) is 11.4 Å². The number of para-hydroxylation sites is 1. The molecular weight excluding hydrogens is 485 g/mol. The monoisotopic (exact) mass is 509 g/mol. The first-order valence-electron chi connectivity index (χ1n) is 11.2. The van der Waals surface area contributed by atoms with Crippen molar-refractivity contribution < 1.29 is 14.3 Å². The van der Waals surface area contributed by atoms with Gasteiger partial charge in [-0.15, -0.1) is 0 Å². The molecule has 6 nitrogen and oxygen atoms in total. The lowest BCUT2D eigenvalue weighted by atomic mass is 10.2. The summed E-state index contributed by atoms with van der Waals surface area (Å²) in [5.74, 6) is 0.131. The number of anilines is 2. The van der Waals surface area contributed by atoms with Crippen LogP contribution in [-0.2, 0) is 9.59 Å². The summed E-state index contributed by atoms with van der Waals surface area (Å²) < 4.78 is 5.47. The minimum absolute atomic E-state index is 0.00308. The Kier molecular flexibility index (Phi) is 8.29. The van der Waals surface area contributed by atoms with Crippen LogP contribution < -0.4 is 15.0 Å². The molecule has 0 aromatic heterocycles. The Labute approximate surface area is 214 Å². The molecular formula is C27H25Cl2N3O3. The average molecular weight is 510 g/mol. The zero-order valence-electron chi connectivity index (χ0n) is 19.0. The molecule has 2 amide bonds. The van der Waals surface area contributed by atoms with E-state index in [0.29, 0.717) is 47.7 Å². The first-order valence-corrected chi connectivity index (χ1v) is 12.0. The van der Waals surface area contributed by atoms with Crippen molar-refractivity contribution >= 4 is 52.5 Å². The highest BCUT2D eigenvalue weighted by molar-refractivity contribution is 6.33. The van der Waals surface area contributed by atoms with Gasteiger partial charge in [0.25, 0.3) is 5.91 Å². The van der Waals surface area contributed by atoms with E-state index in [4.69, 9.17) is 27.9 Å². The van der Waals surface area contributed by atoms with Crippen molar-refractivity contribution in [1.29, 1.82) is 0 Å². The minimum Gasteiger partial charge on any atom is -0.482 e. The van der Waals surface area contributed by atoms with E-state index in [9.17, 15) is 9.59 Å². The molecule has 0 radical (unpaired) electrons. The highest BCUT2D eigenvalue weighted by Crippen LogP contribution is 2.30. The number of carbonyl (C=O) groups is 2. The van der Waals surface area contributed by atoms with Crippen LogP contribution in [0.15, 0.2) is 78.9 Å². The topological polar surface area (TPSA) is 61.9 Å². The predicted octanol–water partition coefficient (Wildman–Crippen LogP) is 5.37. The third-order valence-electron chi connectivity index (χ3n) is 5.58. The van der Waals surface area contributed by atoms with Gasteiger partial charge in [0.1, 0.15) is 5.75 Å². The summed E-state index contributed by atoms with van der Waals surface area (Å²) in [5.41, 5.74) is 2.43. The number of nitrogens with zero attached hydrogens (tertiary/aromatic N) is 2. The lowest BCUT2D eigenvalue weighted by molar-refractivity contribution is -0.126. The van der Waals surface area contributed by atoms with E-state index in [1.807, 2.05) is 47.4 Å². The molecule has 3 aromatic carbocycles. The molecule has 1 aliphatic heterocycles. The van der Waals surface area contributed by atoms with Gasteiger partial charge in [-0.25, -0.2) is 0 Å². The highest BCUT2D eigenvalue weighted by atomic mass is 35.5. The van der Waals surface area contributed by atoms with E-state index in [1.165, 1.54) is 0 Å². The minimum atomic E-state index is -0.315. The Balaban J connectivity index is 1.28. The molecule has 180 valence electrons. The second-order valence-corrected chi connectivity index (χ2v) is 8.80. The standard InChI is InChI=1S/C27H25Cl2N3O3/c28-22-8-4-5-9-25(22)35-19-26(33)30-21-11-12-24(23(29)18-21)31-14-16-32(17-15-31)27(34)13-10-20-6-2-1-3-7-20/h1-13,18H,14-17,19H2,(H,30,33)/b13-10+. The van der Waals surface area contributed by atoms with Gasteiger partial charge in [-0.05, 0) is 42.0 Å². The SMILES string of the molecule is O=C(COc1ccccc1Cl)Nc1ccc(N2CCN(C(=O)/C=C/c3ccccc3)CC2)c(Cl)c1. The van der Waals surface area contributed by atoms with Gasteiger partial charge in [-0.1, -0.05) is 65.7 Å². The number of benzene rings is 3. The largest absolute Gasteiger partial charge is 0.482 e. The van der Waals surface area contributed by atoms with Crippen molar-refractivity contribution in [2.75, 3.05) is 43.0 Å². The van der Waals surface area contributed by atoms with Gasteiger partial charge in [0, 0.05) is 37.9 Å². The molecule has 1 aliphatic rings. The van der Waals surface area contributed by atoms with E-state index < -0.39 is 0 Å². The highest BCUT2D eigenvalue weighted by Gasteiger charge is 2.21. The molecule has 1 fully saturated rings. The molecule has 1 N–H and O–H groups in total. The van der Waals surface area contributed by atoms with Crippen LogP contribution in [0.2, 0.25) is 10.0 Å². The van der Waals surface area contributed by atoms with Gasteiger partial charge in [-0.3, -0.25) is 9.59 Å². The number of ether oxygens (including phenoxy) is 1. The van der Waals surface area contributed by atoms with Crippen LogP contribution in [0.5, 0.6) is 5.75 Å². The van der Waals surface area contributed by atoms with Crippen molar-refractivity contribution in [3.8, 4) is 5.75 Å². The van der Waals surface area contributed by atoms with Crippen LogP contribution in [-0.4, -0.2) is 49.5 Å². The van der Waals surface area contributed by atoms with Gasteiger partial charge in [0.05, 0.1) is 15.7 Å². The lowest BCUT2D eigenvalue weighted by Crippen LogP contribution is -2.48. The first-order chi connectivity index (χ1) is 17.0. The van der Waals surface area contributed by atoms with Crippen molar-refractivity contribution in [1.82, 2.24) is 4.90 Å². The molecule has 0 atom stereocenters. The molecule has 4 rings (SSSR count). The zero-order chi connectivity index (χ0) is 24.6. The van der Waals surface area contributed by atoms with Gasteiger partial charge in [-0.2, -0.15) is 0 Å². The molecule has 0 unspecified atom stereocenters. The van der Waals surface area contributed by atoms with E-state index in [-0.39, 0.29) is 18.4 Å². The molecule has 1 saturated heterocycles. The number of piperazine rings is 1. The molecule has 0 saturated carbocycles. The summed E-state index contributed by atoms with van der Waals surface area (Å²) in [6.07, 6.45) is 3.45. The van der Waals surface area contributed by atoms with Gasteiger partial charge in [0.2, 0.25) is 5.91 Å². The number of hydrogen-bond donors (Lipinski definition) is 1.